The second-order valence-electron chi connectivity index (χ2n) is 6.44. The summed E-state index contributed by atoms with van der Waals surface area (Å²) >= 11 is 1.36. The summed E-state index contributed by atoms with van der Waals surface area (Å²) in [7, 11) is -2.99. The van der Waals surface area contributed by atoms with E-state index in [1.807, 2.05) is 11.5 Å². The monoisotopic (exact) mass is 331 g/mol. The Labute approximate surface area is 131 Å². The Morgan fingerprint density at radius 1 is 1.43 bits per heavy atom. The van der Waals surface area contributed by atoms with Gasteiger partial charge in [-0.3, -0.25) is 4.79 Å². The molecule has 6 heteroatoms. The Morgan fingerprint density at radius 3 is 2.76 bits per heavy atom. The molecule has 0 amide bonds. The quantitative estimate of drug-likeness (QED) is 0.805. The number of sulfone groups is 1. The maximum atomic E-state index is 12.2. The minimum atomic E-state index is -2.99. The summed E-state index contributed by atoms with van der Waals surface area (Å²) in [5.74, 6) is 0.829. The molecule has 0 unspecified atom stereocenters. The summed E-state index contributed by atoms with van der Waals surface area (Å²) in [5, 5.41) is 0. The Morgan fingerprint density at radius 2 is 2.14 bits per heavy atom. The van der Waals surface area contributed by atoms with Crippen LogP contribution in [0, 0.1) is 11.8 Å². The number of hydrogen-bond acceptors (Lipinski definition) is 4. The molecule has 0 spiro atoms. The molecule has 0 aromatic carbocycles. The van der Waals surface area contributed by atoms with Crippen LogP contribution in [0.4, 0.5) is 0 Å². The summed E-state index contributed by atoms with van der Waals surface area (Å²) in [6.45, 7) is 4.63. The predicted molar refractivity (Wildman–Crippen MR) is 87.9 cm³/mol. The average Bonchev–Trinajstić information content (AvgIpc) is 2.63. The lowest BCUT2D eigenvalue weighted by atomic mass is 9.87. The standard InChI is InChI=1S/C15H25NO3S2/c1-4-5-12-6-7-13-14(8-12)20-15(17)16(13)9-11(2)10-21(3,18)19/h11-12H,4-10H2,1-3H3/t11-,12-/m0/s1. The van der Waals surface area contributed by atoms with Gasteiger partial charge in [0.25, 0.3) is 0 Å². The van der Waals surface area contributed by atoms with E-state index in [0.717, 1.165) is 25.0 Å². The van der Waals surface area contributed by atoms with Gasteiger partial charge < -0.3 is 4.57 Å². The molecule has 120 valence electrons. The highest BCUT2D eigenvalue weighted by molar-refractivity contribution is 7.90. The van der Waals surface area contributed by atoms with Gasteiger partial charge in [0.2, 0.25) is 0 Å². The Balaban J connectivity index is 2.14. The van der Waals surface area contributed by atoms with Gasteiger partial charge in [-0.1, -0.05) is 38.0 Å². The Kier molecular flexibility index (Phi) is 5.30. The smallest absolute Gasteiger partial charge is 0.302 e. The van der Waals surface area contributed by atoms with Gasteiger partial charge in [-0.05, 0) is 31.1 Å². The van der Waals surface area contributed by atoms with E-state index in [9.17, 15) is 13.2 Å². The second-order valence-corrected chi connectivity index (χ2v) is 9.67. The molecule has 0 fully saturated rings. The number of fused-ring (bicyclic) bond motifs is 1. The zero-order valence-corrected chi connectivity index (χ0v) is 14.7. The molecule has 0 radical (unpaired) electrons. The summed E-state index contributed by atoms with van der Waals surface area (Å²) in [6, 6.07) is 0. The first-order valence-electron chi connectivity index (χ1n) is 7.69. The fourth-order valence-electron chi connectivity index (χ4n) is 3.34. The van der Waals surface area contributed by atoms with Gasteiger partial charge in [0.15, 0.2) is 0 Å². The molecular weight excluding hydrogens is 306 g/mol. The van der Waals surface area contributed by atoms with E-state index < -0.39 is 9.84 Å². The number of nitrogens with zero attached hydrogens (tertiary/aromatic N) is 1. The zero-order valence-electron chi connectivity index (χ0n) is 13.1. The lowest BCUT2D eigenvalue weighted by Gasteiger charge is -2.23. The average molecular weight is 332 g/mol. The summed E-state index contributed by atoms with van der Waals surface area (Å²) < 4.78 is 24.6. The van der Waals surface area contributed by atoms with Crippen molar-refractivity contribution in [3.05, 3.63) is 20.2 Å². The van der Waals surface area contributed by atoms with E-state index in [0.29, 0.717) is 12.5 Å². The van der Waals surface area contributed by atoms with Crippen LogP contribution in [0.1, 0.15) is 43.7 Å². The number of hydrogen-bond donors (Lipinski definition) is 0. The van der Waals surface area contributed by atoms with Gasteiger partial charge in [-0.25, -0.2) is 8.42 Å². The van der Waals surface area contributed by atoms with Gasteiger partial charge in [0, 0.05) is 23.4 Å². The molecule has 1 heterocycles. The van der Waals surface area contributed by atoms with Crippen LogP contribution in [-0.2, 0) is 29.2 Å². The molecule has 1 aliphatic rings. The van der Waals surface area contributed by atoms with Gasteiger partial charge in [0.05, 0.1) is 5.75 Å². The SMILES string of the molecule is CCC[C@H]1CCc2c(sc(=O)n2C[C@H](C)CS(C)(=O)=O)C1. The number of rotatable bonds is 6. The van der Waals surface area contributed by atoms with E-state index >= 15 is 0 Å². The van der Waals surface area contributed by atoms with E-state index in [1.165, 1.54) is 35.3 Å². The van der Waals surface area contributed by atoms with E-state index in [2.05, 4.69) is 6.92 Å². The van der Waals surface area contributed by atoms with Gasteiger partial charge in [-0.2, -0.15) is 0 Å². The van der Waals surface area contributed by atoms with Gasteiger partial charge in [-0.15, -0.1) is 0 Å². The Bertz CT molecular complexity index is 642. The zero-order chi connectivity index (χ0) is 15.6. The van der Waals surface area contributed by atoms with Crippen molar-refractivity contribution in [2.75, 3.05) is 12.0 Å². The van der Waals surface area contributed by atoms with Crippen molar-refractivity contribution in [1.29, 1.82) is 0 Å². The van der Waals surface area contributed by atoms with E-state index in [1.54, 1.807) is 0 Å². The summed E-state index contributed by atoms with van der Waals surface area (Å²) in [4.78, 5) is 13.5. The summed E-state index contributed by atoms with van der Waals surface area (Å²) in [5.41, 5.74) is 1.16. The van der Waals surface area contributed by atoms with Crippen molar-refractivity contribution in [1.82, 2.24) is 4.57 Å². The van der Waals surface area contributed by atoms with Crippen LogP contribution >= 0.6 is 11.3 Å². The van der Waals surface area contributed by atoms with E-state index in [4.69, 9.17) is 0 Å². The molecule has 4 nitrogen and oxygen atoms in total. The third kappa shape index (κ3) is 4.42. The molecule has 2 rings (SSSR count). The minimum Gasteiger partial charge on any atom is -0.302 e. The lowest BCUT2D eigenvalue weighted by molar-refractivity contribution is 0.407. The third-order valence-electron chi connectivity index (χ3n) is 4.12. The highest BCUT2D eigenvalue weighted by Gasteiger charge is 2.25. The molecular formula is C15H25NO3S2. The number of aromatic nitrogens is 1. The first-order chi connectivity index (χ1) is 9.80. The van der Waals surface area contributed by atoms with Crippen molar-refractivity contribution < 1.29 is 8.42 Å². The van der Waals surface area contributed by atoms with E-state index in [-0.39, 0.29) is 16.5 Å². The van der Waals surface area contributed by atoms with Crippen LogP contribution in [0.25, 0.3) is 0 Å². The first kappa shape index (κ1) is 16.7. The molecule has 2 atom stereocenters. The van der Waals surface area contributed by atoms with Gasteiger partial charge >= 0.3 is 4.87 Å². The maximum absolute atomic E-state index is 12.2. The van der Waals surface area contributed by atoms with Crippen LogP contribution < -0.4 is 4.87 Å². The maximum Gasteiger partial charge on any atom is 0.307 e. The van der Waals surface area contributed by atoms with Crippen LogP contribution in [0.15, 0.2) is 4.79 Å². The summed E-state index contributed by atoms with van der Waals surface area (Å²) in [6.07, 6.45) is 6.82. The molecule has 0 saturated carbocycles. The van der Waals surface area contributed by atoms with Crippen molar-refractivity contribution in [2.24, 2.45) is 11.8 Å². The fraction of sp³-hybridized carbons (Fsp3) is 0.800. The highest BCUT2D eigenvalue weighted by Crippen LogP contribution is 2.30. The third-order valence-corrected chi connectivity index (χ3v) is 6.34. The lowest BCUT2D eigenvalue weighted by Crippen LogP contribution is -2.25. The molecule has 0 aliphatic heterocycles. The minimum absolute atomic E-state index is 0.0234. The molecule has 0 saturated heterocycles. The Hall–Kier alpha value is -0.620. The van der Waals surface area contributed by atoms with Crippen molar-refractivity contribution in [3.8, 4) is 0 Å². The number of thiazole rings is 1. The highest BCUT2D eigenvalue weighted by atomic mass is 32.2. The first-order valence-corrected chi connectivity index (χ1v) is 10.6. The molecule has 1 aromatic heterocycles. The predicted octanol–water partition coefficient (Wildman–Crippen LogP) is 2.50. The van der Waals surface area contributed by atoms with Crippen molar-refractivity contribution in [3.63, 3.8) is 0 Å². The topological polar surface area (TPSA) is 56.1 Å². The molecule has 1 aliphatic carbocycles. The fourth-order valence-corrected chi connectivity index (χ4v) is 5.63. The normalized spacial score (nSPS) is 20.2. The van der Waals surface area contributed by atoms with Crippen LogP contribution in [0.2, 0.25) is 0 Å². The van der Waals surface area contributed by atoms with Crippen LogP contribution in [0.5, 0.6) is 0 Å². The molecule has 0 bridgehead atoms. The second kappa shape index (κ2) is 6.65. The van der Waals surface area contributed by atoms with Crippen LogP contribution in [0.3, 0.4) is 0 Å². The van der Waals surface area contributed by atoms with Crippen molar-refractivity contribution >= 4 is 21.2 Å². The molecule has 0 N–H and O–H groups in total. The van der Waals surface area contributed by atoms with Gasteiger partial charge in [0.1, 0.15) is 9.84 Å². The molecule has 21 heavy (non-hydrogen) atoms. The van der Waals surface area contributed by atoms with Crippen LogP contribution in [-0.4, -0.2) is 25.0 Å². The largest absolute Gasteiger partial charge is 0.307 e. The van der Waals surface area contributed by atoms with Crippen molar-refractivity contribution in [2.45, 2.75) is 52.5 Å². The molecule has 1 aromatic rings.